The summed E-state index contributed by atoms with van der Waals surface area (Å²) in [6, 6.07) is 10.2. The molecule has 2 rings (SSSR count). The van der Waals surface area contributed by atoms with Crippen molar-refractivity contribution in [3.8, 4) is 0 Å². The zero-order valence-corrected chi connectivity index (χ0v) is 16.7. The highest BCUT2D eigenvalue weighted by molar-refractivity contribution is 7.92. The Hall–Kier alpha value is -2.34. The average Bonchev–Trinajstić information content (AvgIpc) is 2.55. The number of hydrogen-bond donors (Lipinski definition) is 2. The van der Waals surface area contributed by atoms with Crippen LogP contribution in [0, 0.1) is 26.7 Å². The number of nitrogens with one attached hydrogen (secondary N) is 2. The maximum Gasteiger partial charge on any atom is 0.262 e. The molecule has 0 saturated heterocycles. The Kier molecular flexibility index (Phi) is 6.08. The maximum atomic E-state index is 12.9. The second kappa shape index (κ2) is 7.91. The van der Waals surface area contributed by atoms with E-state index in [0.29, 0.717) is 29.3 Å². The van der Waals surface area contributed by atoms with Gasteiger partial charge in [0.15, 0.2) is 0 Å². The van der Waals surface area contributed by atoms with Gasteiger partial charge in [-0.1, -0.05) is 37.6 Å². The minimum Gasteiger partial charge on any atom is -0.352 e. The van der Waals surface area contributed by atoms with Gasteiger partial charge in [0.25, 0.3) is 15.9 Å². The number of benzene rings is 2. The third-order valence-electron chi connectivity index (χ3n) is 4.04. The lowest BCUT2D eigenvalue weighted by Crippen LogP contribution is -2.27. The summed E-state index contributed by atoms with van der Waals surface area (Å²) >= 11 is 0. The van der Waals surface area contributed by atoms with Gasteiger partial charge in [0.2, 0.25) is 0 Å². The SMILES string of the molecule is Cc1ccc(NS(=O)(=O)c2cc(C(=O)NCC(C)C)ccc2C)c(C)c1. The number of anilines is 1. The number of carbonyl (C=O) groups is 1. The zero-order chi connectivity index (χ0) is 19.5. The van der Waals surface area contributed by atoms with E-state index >= 15 is 0 Å². The van der Waals surface area contributed by atoms with Crippen LogP contribution in [0.3, 0.4) is 0 Å². The van der Waals surface area contributed by atoms with Gasteiger partial charge in [0.05, 0.1) is 10.6 Å². The first-order valence-corrected chi connectivity index (χ1v) is 10.1. The van der Waals surface area contributed by atoms with Crippen LogP contribution in [0.25, 0.3) is 0 Å². The summed E-state index contributed by atoms with van der Waals surface area (Å²) in [5.74, 6) is 0.0421. The van der Waals surface area contributed by atoms with E-state index < -0.39 is 10.0 Å². The standard InChI is InChI=1S/C20H26N2O3S/c1-13(2)12-21-20(23)17-8-7-15(4)19(11-17)26(24,25)22-18-9-6-14(3)10-16(18)5/h6-11,13,22H,12H2,1-5H3,(H,21,23). The van der Waals surface area contributed by atoms with E-state index in [4.69, 9.17) is 0 Å². The van der Waals surface area contributed by atoms with E-state index in [2.05, 4.69) is 10.0 Å². The molecule has 0 atom stereocenters. The fraction of sp³-hybridized carbons (Fsp3) is 0.350. The monoisotopic (exact) mass is 374 g/mol. The average molecular weight is 375 g/mol. The molecule has 6 heteroatoms. The van der Waals surface area contributed by atoms with Crippen LogP contribution in [0.2, 0.25) is 0 Å². The summed E-state index contributed by atoms with van der Waals surface area (Å²) in [5, 5.41) is 2.81. The van der Waals surface area contributed by atoms with Crippen molar-refractivity contribution in [3.05, 3.63) is 58.7 Å². The van der Waals surface area contributed by atoms with Gasteiger partial charge in [-0.3, -0.25) is 9.52 Å². The van der Waals surface area contributed by atoms with Gasteiger partial charge in [-0.25, -0.2) is 8.42 Å². The van der Waals surface area contributed by atoms with Crippen molar-refractivity contribution in [2.45, 2.75) is 39.5 Å². The van der Waals surface area contributed by atoms with E-state index in [1.54, 1.807) is 25.1 Å². The van der Waals surface area contributed by atoms with Crippen molar-refractivity contribution < 1.29 is 13.2 Å². The van der Waals surface area contributed by atoms with E-state index in [-0.39, 0.29) is 10.8 Å². The molecule has 0 fully saturated rings. The van der Waals surface area contributed by atoms with Crippen LogP contribution in [0.1, 0.15) is 40.9 Å². The maximum absolute atomic E-state index is 12.9. The van der Waals surface area contributed by atoms with Crippen LogP contribution in [0.5, 0.6) is 0 Å². The summed E-state index contributed by atoms with van der Waals surface area (Å²) < 4.78 is 28.3. The molecule has 0 aromatic heterocycles. The molecule has 0 unspecified atom stereocenters. The lowest BCUT2D eigenvalue weighted by molar-refractivity contribution is 0.0949. The second-order valence-electron chi connectivity index (χ2n) is 7.01. The molecule has 2 aromatic rings. The van der Waals surface area contributed by atoms with E-state index in [1.165, 1.54) is 6.07 Å². The smallest absolute Gasteiger partial charge is 0.262 e. The first-order valence-electron chi connectivity index (χ1n) is 8.59. The molecule has 0 heterocycles. The number of hydrogen-bond acceptors (Lipinski definition) is 3. The van der Waals surface area contributed by atoms with E-state index in [0.717, 1.165) is 11.1 Å². The molecule has 140 valence electrons. The van der Waals surface area contributed by atoms with Crippen molar-refractivity contribution >= 4 is 21.6 Å². The normalized spacial score (nSPS) is 11.5. The van der Waals surface area contributed by atoms with Gasteiger partial charge in [-0.15, -0.1) is 0 Å². The van der Waals surface area contributed by atoms with E-state index in [9.17, 15) is 13.2 Å². The number of amides is 1. The van der Waals surface area contributed by atoms with E-state index in [1.807, 2.05) is 39.8 Å². The highest BCUT2D eigenvalue weighted by Crippen LogP contribution is 2.23. The molecule has 0 saturated carbocycles. The highest BCUT2D eigenvalue weighted by atomic mass is 32.2. The Bertz CT molecular complexity index is 919. The molecule has 1 amide bonds. The largest absolute Gasteiger partial charge is 0.352 e. The van der Waals surface area contributed by atoms with Gasteiger partial charge >= 0.3 is 0 Å². The van der Waals surface area contributed by atoms with Crippen molar-refractivity contribution in [1.29, 1.82) is 0 Å². The van der Waals surface area contributed by atoms with Crippen molar-refractivity contribution in [1.82, 2.24) is 5.32 Å². The second-order valence-corrected chi connectivity index (χ2v) is 8.66. The fourth-order valence-electron chi connectivity index (χ4n) is 2.56. The summed E-state index contributed by atoms with van der Waals surface area (Å²) in [6.07, 6.45) is 0. The third-order valence-corrected chi connectivity index (χ3v) is 5.54. The molecule has 0 bridgehead atoms. The highest BCUT2D eigenvalue weighted by Gasteiger charge is 2.20. The van der Waals surface area contributed by atoms with Gasteiger partial charge in [-0.05, 0) is 56.0 Å². The van der Waals surface area contributed by atoms with Crippen LogP contribution in [-0.2, 0) is 10.0 Å². The molecular formula is C20H26N2O3S. The van der Waals surface area contributed by atoms with Gasteiger partial charge < -0.3 is 5.32 Å². The quantitative estimate of drug-likeness (QED) is 0.807. The Morgan fingerprint density at radius 1 is 1.00 bits per heavy atom. The van der Waals surface area contributed by atoms with Crippen LogP contribution >= 0.6 is 0 Å². The molecule has 0 radical (unpaired) electrons. The molecule has 0 aliphatic rings. The molecular weight excluding hydrogens is 348 g/mol. The molecule has 2 aromatic carbocycles. The van der Waals surface area contributed by atoms with Crippen LogP contribution < -0.4 is 10.0 Å². The van der Waals surface area contributed by atoms with Crippen molar-refractivity contribution in [2.24, 2.45) is 5.92 Å². The summed E-state index contributed by atoms with van der Waals surface area (Å²) in [6.45, 7) is 10.1. The van der Waals surface area contributed by atoms with Crippen LogP contribution in [0.15, 0.2) is 41.3 Å². The van der Waals surface area contributed by atoms with Crippen molar-refractivity contribution in [2.75, 3.05) is 11.3 Å². The summed E-state index contributed by atoms with van der Waals surface area (Å²) in [5.41, 5.74) is 3.35. The molecule has 2 N–H and O–H groups in total. The Morgan fingerprint density at radius 2 is 1.69 bits per heavy atom. The first-order chi connectivity index (χ1) is 12.1. The van der Waals surface area contributed by atoms with Gasteiger partial charge in [0.1, 0.15) is 0 Å². The summed E-state index contributed by atoms with van der Waals surface area (Å²) in [4.78, 5) is 12.4. The minimum atomic E-state index is -3.80. The molecule has 26 heavy (non-hydrogen) atoms. The third kappa shape index (κ3) is 4.85. The zero-order valence-electron chi connectivity index (χ0n) is 15.9. The van der Waals surface area contributed by atoms with Crippen LogP contribution in [0.4, 0.5) is 5.69 Å². The molecule has 0 aliphatic heterocycles. The van der Waals surface area contributed by atoms with Gasteiger partial charge in [-0.2, -0.15) is 0 Å². The Morgan fingerprint density at radius 3 is 2.31 bits per heavy atom. The summed E-state index contributed by atoms with van der Waals surface area (Å²) in [7, 11) is -3.80. The number of rotatable bonds is 6. The van der Waals surface area contributed by atoms with Crippen LogP contribution in [-0.4, -0.2) is 20.9 Å². The van der Waals surface area contributed by atoms with Crippen molar-refractivity contribution in [3.63, 3.8) is 0 Å². The topological polar surface area (TPSA) is 75.3 Å². The molecule has 0 spiro atoms. The Balaban J connectivity index is 2.33. The lowest BCUT2D eigenvalue weighted by Gasteiger charge is -2.14. The lowest BCUT2D eigenvalue weighted by atomic mass is 10.1. The number of aryl methyl sites for hydroxylation is 3. The minimum absolute atomic E-state index is 0.106. The first kappa shape index (κ1) is 20.0. The Labute approximate surface area is 155 Å². The number of sulfonamides is 1. The molecule has 0 aliphatic carbocycles. The fourth-order valence-corrected chi connectivity index (χ4v) is 3.96. The predicted octanol–water partition coefficient (Wildman–Crippen LogP) is 3.80. The predicted molar refractivity (Wildman–Crippen MR) is 105 cm³/mol. The number of carbonyl (C=O) groups excluding carboxylic acids is 1. The molecule has 5 nitrogen and oxygen atoms in total. The van der Waals surface area contributed by atoms with Gasteiger partial charge in [0, 0.05) is 12.1 Å².